The highest BCUT2D eigenvalue weighted by Crippen LogP contribution is 2.31. The Balaban J connectivity index is 1.96. The normalized spacial score (nSPS) is 12.7. The first-order chi connectivity index (χ1) is 19.0. The number of hydrogen-bond acceptors (Lipinski definition) is 7. The third-order valence-corrected chi connectivity index (χ3v) is 7.70. The lowest BCUT2D eigenvalue weighted by Gasteiger charge is -2.40. The zero-order chi connectivity index (χ0) is 29.3. The first-order valence-corrected chi connectivity index (χ1v) is 15.2. The Kier molecular flexibility index (Phi) is 11.2. The predicted octanol–water partition coefficient (Wildman–Crippen LogP) is 7.03. The molecule has 0 saturated carbocycles. The number of ether oxygens (including phenoxy) is 1. The zero-order valence-corrected chi connectivity index (χ0v) is 25.0. The van der Waals surface area contributed by atoms with Gasteiger partial charge in [0, 0.05) is 35.0 Å². The van der Waals surface area contributed by atoms with Crippen molar-refractivity contribution >= 4 is 35.4 Å². The SMILES string of the molecule is CCCC(C)(C)N(CCSC)c1nc(-n2ccc(OCC(C)C(F)(F)F)n2)ccc1C(=O)NSc1ccccc1. The molecule has 0 radical (unpaired) electrons. The van der Waals surface area contributed by atoms with Crippen molar-refractivity contribution in [2.75, 3.05) is 30.1 Å². The number of halogens is 3. The fourth-order valence-electron chi connectivity index (χ4n) is 4.04. The van der Waals surface area contributed by atoms with Crippen LogP contribution in [-0.2, 0) is 0 Å². The minimum atomic E-state index is -4.35. The maximum Gasteiger partial charge on any atom is 0.394 e. The quantitative estimate of drug-likeness (QED) is 0.201. The number of anilines is 1. The van der Waals surface area contributed by atoms with Gasteiger partial charge in [0.2, 0.25) is 5.88 Å². The Morgan fingerprint density at radius 1 is 1.15 bits per heavy atom. The number of alkyl halides is 3. The van der Waals surface area contributed by atoms with Gasteiger partial charge in [0.15, 0.2) is 5.82 Å². The van der Waals surface area contributed by atoms with Gasteiger partial charge >= 0.3 is 6.18 Å². The van der Waals surface area contributed by atoms with Crippen molar-refractivity contribution in [2.45, 2.75) is 57.1 Å². The molecule has 0 aliphatic rings. The molecule has 1 atom stereocenters. The number of carbonyl (C=O) groups excluding carboxylic acids is 1. The summed E-state index contributed by atoms with van der Waals surface area (Å²) in [7, 11) is 0. The van der Waals surface area contributed by atoms with Gasteiger partial charge in [0.05, 0.1) is 11.5 Å². The second-order valence-corrected chi connectivity index (χ2v) is 11.8. The van der Waals surface area contributed by atoms with Gasteiger partial charge in [0.25, 0.3) is 5.91 Å². The van der Waals surface area contributed by atoms with Crippen molar-refractivity contribution in [1.82, 2.24) is 19.5 Å². The van der Waals surface area contributed by atoms with E-state index >= 15 is 0 Å². The van der Waals surface area contributed by atoms with Crippen molar-refractivity contribution in [3.8, 4) is 11.7 Å². The molecule has 1 N–H and O–H groups in total. The highest BCUT2D eigenvalue weighted by molar-refractivity contribution is 7.98. The minimum absolute atomic E-state index is 0.0612. The highest BCUT2D eigenvalue weighted by atomic mass is 32.2. The van der Waals surface area contributed by atoms with Crippen molar-refractivity contribution in [3.63, 3.8) is 0 Å². The van der Waals surface area contributed by atoms with Gasteiger partial charge in [-0.25, -0.2) is 9.67 Å². The van der Waals surface area contributed by atoms with Crippen LogP contribution in [0.4, 0.5) is 19.0 Å². The second-order valence-electron chi connectivity index (χ2n) is 9.95. The zero-order valence-electron chi connectivity index (χ0n) is 23.4. The van der Waals surface area contributed by atoms with E-state index in [1.165, 1.54) is 22.7 Å². The number of nitrogens with zero attached hydrogens (tertiary/aromatic N) is 4. The first-order valence-electron chi connectivity index (χ1n) is 13.0. The molecule has 3 aromatic rings. The summed E-state index contributed by atoms with van der Waals surface area (Å²) in [6.07, 6.45) is 1.09. The van der Waals surface area contributed by atoms with Crippen LogP contribution in [0.25, 0.3) is 5.82 Å². The average molecular weight is 596 g/mol. The predicted molar refractivity (Wildman–Crippen MR) is 157 cm³/mol. The maximum atomic E-state index is 13.4. The summed E-state index contributed by atoms with van der Waals surface area (Å²) in [5.74, 6) is -0.0845. The molecule has 0 fully saturated rings. The number of aromatic nitrogens is 3. The molecule has 1 aromatic carbocycles. The summed E-state index contributed by atoms with van der Waals surface area (Å²) in [6.45, 7) is 7.57. The molecule has 0 spiro atoms. The van der Waals surface area contributed by atoms with E-state index < -0.39 is 18.7 Å². The summed E-state index contributed by atoms with van der Waals surface area (Å²) in [6, 6.07) is 14.4. The van der Waals surface area contributed by atoms with E-state index in [0.717, 1.165) is 30.4 Å². The summed E-state index contributed by atoms with van der Waals surface area (Å²) in [5, 5.41) is 4.28. The monoisotopic (exact) mass is 595 g/mol. The van der Waals surface area contributed by atoms with Crippen molar-refractivity contribution in [1.29, 1.82) is 0 Å². The van der Waals surface area contributed by atoms with Crippen LogP contribution in [0.3, 0.4) is 0 Å². The number of carbonyl (C=O) groups is 1. The largest absolute Gasteiger partial charge is 0.476 e. The van der Waals surface area contributed by atoms with Crippen LogP contribution in [0.1, 0.15) is 50.9 Å². The van der Waals surface area contributed by atoms with E-state index in [2.05, 4.69) is 35.5 Å². The van der Waals surface area contributed by atoms with E-state index in [1.807, 2.05) is 36.6 Å². The van der Waals surface area contributed by atoms with Crippen LogP contribution in [-0.4, -0.2) is 57.5 Å². The van der Waals surface area contributed by atoms with Crippen molar-refractivity contribution in [2.24, 2.45) is 5.92 Å². The minimum Gasteiger partial charge on any atom is -0.476 e. The first kappa shape index (κ1) is 31.7. The number of hydrogen-bond donors (Lipinski definition) is 1. The van der Waals surface area contributed by atoms with E-state index in [4.69, 9.17) is 9.72 Å². The van der Waals surface area contributed by atoms with Gasteiger partial charge < -0.3 is 9.64 Å². The molecule has 218 valence electrons. The maximum absolute atomic E-state index is 13.4. The Morgan fingerprint density at radius 3 is 2.52 bits per heavy atom. The summed E-state index contributed by atoms with van der Waals surface area (Å²) in [4.78, 5) is 21.4. The highest BCUT2D eigenvalue weighted by Gasteiger charge is 2.36. The molecule has 2 heterocycles. The second kappa shape index (κ2) is 14.2. The molecule has 40 heavy (non-hydrogen) atoms. The standard InChI is InChI=1S/C28H36F3N5O2S2/c1-6-15-27(3,4)35(17-18-39-5)25-22(26(37)34-40-21-10-8-7-9-11-21)12-13-23(32-25)36-16-14-24(33-36)38-19-20(2)28(29,30)31/h7-14,16,20H,6,15,17-19H2,1-5H3,(H,34,37). The van der Waals surface area contributed by atoms with Gasteiger partial charge in [-0.15, -0.1) is 5.10 Å². The third-order valence-electron chi connectivity index (χ3n) is 6.32. The van der Waals surface area contributed by atoms with Gasteiger partial charge in [-0.1, -0.05) is 38.5 Å². The lowest BCUT2D eigenvalue weighted by molar-refractivity contribution is -0.176. The van der Waals surface area contributed by atoms with Crippen LogP contribution >= 0.6 is 23.7 Å². The van der Waals surface area contributed by atoms with E-state index in [0.29, 0.717) is 23.7 Å². The number of amides is 1. The van der Waals surface area contributed by atoms with Gasteiger partial charge in [-0.2, -0.15) is 24.9 Å². The van der Waals surface area contributed by atoms with Crippen LogP contribution in [0, 0.1) is 5.92 Å². The number of nitrogens with one attached hydrogen (secondary N) is 1. The Hall–Kier alpha value is -2.86. The van der Waals surface area contributed by atoms with E-state index in [1.54, 1.807) is 30.1 Å². The molecule has 0 bridgehead atoms. The lowest BCUT2D eigenvalue weighted by atomic mass is 9.95. The topological polar surface area (TPSA) is 72.3 Å². The van der Waals surface area contributed by atoms with Crippen molar-refractivity contribution in [3.05, 3.63) is 60.3 Å². The molecule has 12 heteroatoms. The number of pyridine rings is 1. The van der Waals surface area contributed by atoms with E-state index in [9.17, 15) is 18.0 Å². The summed E-state index contributed by atoms with van der Waals surface area (Å²) < 4.78 is 48.3. The van der Waals surface area contributed by atoms with E-state index in [-0.39, 0.29) is 17.3 Å². The number of thioether (sulfide) groups is 1. The smallest absolute Gasteiger partial charge is 0.394 e. The Labute approximate surface area is 242 Å². The van der Waals surface area contributed by atoms with Crippen LogP contribution in [0.5, 0.6) is 5.88 Å². The molecular weight excluding hydrogens is 559 g/mol. The van der Waals surface area contributed by atoms with Crippen LogP contribution in [0.2, 0.25) is 0 Å². The molecular formula is C28H36F3N5O2S2. The van der Waals surface area contributed by atoms with Crippen molar-refractivity contribution < 1.29 is 22.7 Å². The summed E-state index contributed by atoms with van der Waals surface area (Å²) >= 11 is 2.93. The Morgan fingerprint density at radius 2 is 1.88 bits per heavy atom. The molecule has 7 nitrogen and oxygen atoms in total. The van der Waals surface area contributed by atoms with Gasteiger partial charge in [-0.3, -0.25) is 9.52 Å². The molecule has 0 aliphatic heterocycles. The molecule has 0 saturated heterocycles. The third kappa shape index (κ3) is 8.57. The molecule has 1 unspecified atom stereocenters. The molecule has 2 aromatic heterocycles. The Bertz CT molecular complexity index is 1240. The fourth-order valence-corrected chi connectivity index (χ4v) is 5.02. The van der Waals surface area contributed by atoms with Gasteiger partial charge in [0.1, 0.15) is 12.4 Å². The van der Waals surface area contributed by atoms with Crippen LogP contribution < -0.4 is 14.4 Å². The van der Waals surface area contributed by atoms with Crippen LogP contribution in [0.15, 0.2) is 59.6 Å². The molecule has 1 amide bonds. The number of benzene rings is 1. The summed E-state index contributed by atoms with van der Waals surface area (Å²) in [5.41, 5.74) is 0.115. The fraction of sp³-hybridized carbons (Fsp3) is 0.464. The molecule has 3 rings (SSSR count). The van der Waals surface area contributed by atoms with Gasteiger partial charge in [-0.05, 0) is 62.7 Å². The number of rotatable bonds is 14. The lowest BCUT2D eigenvalue weighted by Crippen LogP contribution is -2.47. The average Bonchev–Trinajstić information content (AvgIpc) is 3.39. The molecule has 0 aliphatic carbocycles.